The molecular weight excluding hydrogens is 298 g/mol. The Morgan fingerprint density at radius 3 is 2.96 bits per heavy atom. The predicted octanol–water partition coefficient (Wildman–Crippen LogP) is 1.18. The van der Waals surface area contributed by atoms with Crippen LogP contribution in [0.4, 0.5) is 11.4 Å². The molecule has 2 unspecified atom stereocenters. The monoisotopic (exact) mass is 321 g/mol. The first-order valence-electron chi connectivity index (χ1n) is 7.93. The van der Waals surface area contributed by atoms with Crippen molar-refractivity contribution in [2.75, 3.05) is 30.3 Å². The van der Waals surface area contributed by atoms with E-state index in [0.29, 0.717) is 23.2 Å². The van der Waals surface area contributed by atoms with Gasteiger partial charge in [0.25, 0.3) is 0 Å². The van der Waals surface area contributed by atoms with Crippen molar-refractivity contribution in [3.8, 4) is 11.5 Å². The highest BCUT2D eigenvalue weighted by Crippen LogP contribution is 2.39. The summed E-state index contributed by atoms with van der Waals surface area (Å²) < 4.78 is 5.38. The molecule has 0 spiro atoms. The van der Waals surface area contributed by atoms with Crippen LogP contribution in [0.1, 0.15) is 20.3 Å². The number of fused-ring (bicyclic) bond motifs is 1. The first kappa shape index (κ1) is 15.9. The van der Waals surface area contributed by atoms with Crippen molar-refractivity contribution in [3.63, 3.8) is 0 Å². The van der Waals surface area contributed by atoms with Gasteiger partial charge in [-0.15, -0.1) is 0 Å². The van der Waals surface area contributed by atoms with Crippen molar-refractivity contribution >= 4 is 17.3 Å². The number of nitrogens with zero attached hydrogens (tertiary/aromatic N) is 1. The minimum absolute atomic E-state index is 0.0450. The molecule has 1 fully saturated rings. The number of carbonyl (C=O) groups excluding carboxylic acids is 1. The first-order chi connectivity index (χ1) is 10.9. The average Bonchev–Trinajstić information content (AvgIpc) is 2.98. The minimum Gasteiger partial charge on any atom is -0.506 e. The molecule has 3 rings (SSSR count). The van der Waals surface area contributed by atoms with Gasteiger partial charge in [0.1, 0.15) is 23.8 Å². The zero-order chi connectivity index (χ0) is 16.6. The second-order valence-electron chi connectivity index (χ2n) is 6.40. The molecule has 1 aromatic rings. The van der Waals surface area contributed by atoms with E-state index in [-0.39, 0.29) is 24.2 Å². The number of benzene rings is 1. The molecule has 0 radical (unpaired) electrons. The van der Waals surface area contributed by atoms with Gasteiger partial charge in [-0.2, -0.15) is 0 Å². The standard InChI is InChI=1S/C16H23N3O4/c1-9(2)19-4-3-10(7-19)16(22)17-11-5-12(20)15-13(6-11)23-8-14(21)18-15/h5-6,9-10,14,18,20-21H,3-4,7-8H2,1-2H3,(H,17,22). The Kier molecular flexibility index (Phi) is 4.32. The molecule has 1 amide bonds. The topological polar surface area (TPSA) is 94.1 Å². The fourth-order valence-corrected chi connectivity index (χ4v) is 3.02. The largest absolute Gasteiger partial charge is 0.506 e. The lowest BCUT2D eigenvalue weighted by atomic mass is 10.1. The molecule has 23 heavy (non-hydrogen) atoms. The van der Waals surface area contributed by atoms with E-state index in [2.05, 4.69) is 29.4 Å². The summed E-state index contributed by atoms with van der Waals surface area (Å²) in [6, 6.07) is 3.55. The predicted molar refractivity (Wildman–Crippen MR) is 86.7 cm³/mol. The van der Waals surface area contributed by atoms with E-state index < -0.39 is 6.23 Å². The van der Waals surface area contributed by atoms with E-state index in [1.54, 1.807) is 6.07 Å². The van der Waals surface area contributed by atoms with Gasteiger partial charge < -0.3 is 30.5 Å². The number of amides is 1. The quantitative estimate of drug-likeness (QED) is 0.625. The number of rotatable bonds is 3. The van der Waals surface area contributed by atoms with Crippen LogP contribution in [0.3, 0.4) is 0 Å². The zero-order valence-corrected chi connectivity index (χ0v) is 13.4. The summed E-state index contributed by atoms with van der Waals surface area (Å²) in [6.45, 7) is 6.03. The molecular formula is C16H23N3O4. The second kappa shape index (κ2) is 6.25. The fourth-order valence-electron chi connectivity index (χ4n) is 3.02. The Morgan fingerprint density at radius 2 is 2.26 bits per heavy atom. The molecule has 2 atom stereocenters. The molecule has 1 saturated heterocycles. The van der Waals surface area contributed by atoms with Crippen molar-refractivity contribution in [1.82, 2.24) is 4.90 Å². The number of phenolic OH excluding ortho intramolecular Hbond substituents is 1. The lowest BCUT2D eigenvalue weighted by molar-refractivity contribution is -0.119. The third kappa shape index (κ3) is 3.35. The van der Waals surface area contributed by atoms with E-state index in [4.69, 9.17) is 4.74 Å². The minimum atomic E-state index is -0.852. The number of hydrogen-bond donors (Lipinski definition) is 4. The van der Waals surface area contributed by atoms with Gasteiger partial charge in [0, 0.05) is 30.4 Å². The molecule has 2 aliphatic rings. The first-order valence-corrected chi connectivity index (χ1v) is 7.93. The summed E-state index contributed by atoms with van der Waals surface area (Å²) in [5, 5.41) is 25.1. The van der Waals surface area contributed by atoms with Gasteiger partial charge in [0.15, 0.2) is 6.23 Å². The number of anilines is 2. The number of likely N-dealkylation sites (tertiary alicyclic amines) is 1. The Balaban J connectivity index is 1.69. The number of ether oxygens (including phenoxy) is 1. The van der Waals surface area contributed by atoms with Crippen molar-refractivity contribution in [2.45, 2.75) is 32.5 Å². The van der Waals surface area contributed by atoms with Gasteiger partial charge >= 0.3 is 0 Å². The molecule has 2 heterocycles. The maximum Gasteiger partial charge on any atom is 0.228 e. The Labute approximate surface area is 135 Å². The summed E-state index contributed by atoms with van der Waals surface area (Å²) in [7, 11) is 0. The van der Waals surface area contributed by atoms with E-state index in [9.17, 15) is 15.0 Å². The number of nitrogens with one attached hydrogen (secondary N) is 2. The number of aliphatic hydroxyl groups is 1. The van der Waals surface area contributed by atoms with Crippen LogP contribution in [0, 0.1) is 5.92 Å². The van der Waals surface area contributed by atoms with Gasteiger partial charge in [0.05, 0.1) is 5.92 Å². The molecule has 0 aromatic heterocycles. The van der Waals surface area contributed by atoms with Crippen LogP contribution in [0.5, 0.6) is 11.5 Å². The molecule has 0 bridgehead atoms. The van der Waals surface area contributed by atoms with Crippen molar-refractivity contribution in [1.29, 1.82) is 0 Å². The molecule has 7 nitrogen and oxygen atoms in total. The van der Waals surface area contributed by atoms with E-state index in [0.717, 1.165) is 19.5 Å². The van der Waals surface area contributed by atoms with Crippen LogP contribution >= 0.6 is 0 Å². The van der Waals surface area contributed by atoms with Crippen LogP contribution in [-0.2, 0) is 4.79 Å². The van der Waals surface area contributed by atoms with Gasteiger partial charge in [-0.05, 0) is 26.8 Å². The molecule has 0 aliphatic carbocycles. The van der Waals surface area contributed by atoms with Crippen molar-refractivity contribution in [2.24, 2.45) is 5.92 Å². The summed E-state index contributed by atoms with van der Waals surface area (Å²) in [5.74, 6) is 0.264. The molecule has 7 heteroatoms. The molecule has 2 aliphatic heterocycles. The summed E-state index contributed by atoms with van der Waals surface area (Å²) in [5.41, 5.74) is 0.834. The van der Waals surface area contributed by atoms with Crippen LogP contribution in [0.2, 0.25) is 0 Å². The van der Waals surface area contributed by atoms with Crippen LogP contribution < -0.4 is 15.4 Å². The van der Waals surface area contributed by atoms with Crippen LogP contribution in [0.25, 0.3) is 0 Å². The SMILES string of the molecule is CC(C)N1CCC(C(=O)Nc2cc(O)c3c(c2)OCC(O)N3)C1. The number of phenols is 1. The highest BCUT2D eigenvalue weighted by Gasteiger charge is 2.30. The van der Waals surface area contributed by atoms with Crippen LogP contribution in [0.15, 0.2) is 12.1 Å². The number of aliphatic hydroxyl groups excluding tert-OH is 1. The van der Waals surface area contributed by atoms with E-state index >= 15 is 0 Å². The smallest absolute Gasteiger partial charge is 0.228 e. The fraction of sp³-hybridized carbons (Fsp3) is 0.562. The van der Waals surface area contributed by atoms with Crippen molar-refractivity contribution in [3.05, 3.63) is 12.1 Å². The average molecular weight is 321 g/mol. The lowest BCUT2D eigenvalue weighted by Crippen LogP contribution is -2.32. The van der Waals surface area contributed by atoms with Crippen LogP contribution in [-0.4, -0.2) is 53.0 Å². The summed E-state index contributed by atoms with van der Waals surface area (Å²) in [4.78, 5) is 14.7. The van der Waals surface area contributed by atoms with Gasteiger partial charge in [0.2, 0.25) is 5.91 Å². The van der Waals surface area contributed by atoms with Gasteiger partial charge in [-0.1, -0.05) is 0 Å². The molecule has 126 valence electrons. The molecule has 4 N–H and O–H groups in total. The van der Waals surface area contributed by atoms with E-state index in [1.807, 2.05) is 0 Å². The normalized spacial score (nSPS) is 24.0. The summed E-state index contributed by atoms with van der Waals surface area (Å²) in [6.07, 6.45) is -0.0140. The third-order valence-corrected chi connectivity index (χ3v) is 4.38. The number of carbonyl (C=O) groups is 1. The van der Waals surface area contributed by atoms with Gasteiger partial charge in [-0.3, -0.25) is 4.79 Å². The Morgan fingerprint density at radius 1 is 1.48 bits per heavy atom. The molecule has 0 saturated carbocycles. The Bertz CT molecular complexity index is 605. The maximum absolute atomic E-state index is 12.4. The Hall–Kier alpha value is -1.99. The maximum atomic E-state index is 12.4. The van der Waals surface area contributed by atoms with E-state index in [1.165, 1.54) is 6.07 Å². The molecule has 1 aromatic carbocycles. The second-order valence-corrected chi connectivity index (χ2v) is 6.40. The van der Waals surface area contributed by atoms with Crippen molar-refractivity contribution < 1.29 is 19.7 Å². The summed E-state index contributed by atoms with van der Waals surface area (Å²) >= 11 is 0. The number of aromatic hydroxyl groups is 1. The highest BCUT2D eigenvalue weighted by molar-refractivity contribution is 5.94. The number of hydrogen-bond acceptors (Lipinski definition) is 6. The highest BCUT2D eigenvalue weighted by atomic mass is 16.5. The lowest BCUT2D eigenvalue weighted by Gasteiger charge is -2.25. The zero-order valence-electron chi connectivity index (χ0n) is 13.4. The van der Waals surface area contributed by atoms with Gasteiger partial charge in [-0.25, -0.2) is 0 Å². The third-order valence-electron chi connectivity index (χ3n) is 4.38.